The number of aromatic nitrogens is 1. The summed E-state index contributed by atoms with van der Waals surface area (Å²) in [5.74, 6) is 1.02. The van der Waals surface area contributed by atoms with E-state index < -0.39 is 0 Å². The van der Waals surface area contributed by atoms with Gasteiger partial charge in [-0.25, -0.2) is 4.98 Å². The molecule has 2 aliphatic heterocycles. The molecule has 1 unspecified atom stereocenters. The molecule has 2 aliphatic rings. The van der Waals surface area contributed by atoms with Crippen LogP contribution in [0.2, 0.25) is 0 Å². The third-order valence-electron chi connectivity index (χ3n) is 5.36. The van der Waals surface area contributed by atoms with E-state index in [2.05, 4.69) is 16.0 Å². The molecule has 0 spiro atoms. The molecule has 0 radical (unpaired) electrons. The molecule has 4 rings (SSSR count). The number of carbonyl (C=O) groups is 1. The van der Waals surface area contributed by atoms with Crippen molar-refractivity contribution in [1.29, 1.82) is 0 Å². The number of thiazole rings is 1. The molecule has 1 atom stereocenters. The van der Waals surface area contributed by atoms with Gasteiger partial charge in [-0.2, -0.15) is 0 Å². The first-order chi connectivity index (χ1) is 13.7. The van der Waals surface area contributed by atoms with Crippen LogP contribution in [0.25, 0.3) is 10.6 Å². The zero-order valence-electron chi connectivity index (χ0n) is 16.3. The zero-order chi connectivity index (χ0) is 19.3. The number of amides is 1. The Morgan fingerprint density at radius 3 is 3.04 bits per heavy atom. The molecular weight excluding hydrogens is 374 g/mol. The van der Waals surface area contributed by atoms with Crippen LogP contribution in [0.1, 0.15) is 24.1 Å². The molecule has 2 aromatic rings. The van der Waals surface area contributed by atoms with Crippen LogP contribution in [0, 0.1) is 0 Å². The third-order valence-corrected chi connectivity index (χ3v) is 6.39. The normalized spacial score (nSPS) is 20.9. The van der Waals surface area contributed by atoms with Gasteiger partial charge in [0.1, 0.15) is 16.9 Å². The molecule has 0 aliphatic carbocycles. The summed E-state index contributed by atoms with van der Waals surface area (Å²) < 4.78 is 10.9. The summed E-state index contributed by atoms with van der Waals surface area (Å²) in [6.45, 7) is 5.10. The second-order valence-electron chi connectivity index (χ2n) is 7.32. The van der Waals surface area contributed by atoms with Gasteiger partial charge in [0.25, 0.3) is 5.91 Å². The van der Waals surface area contributed by atoms with Crippen LogP contribution in [0.5, 0.6) is 5.75 Å². The van der Waals surface area contributed by atoms with Crippen LogP contribution in [0.4, 0.5) is 0 Å². The summed E-state index contributed by atoms with van der Waals surface area (Å²) in [5, 5.41) is 1.01. The third kappa shape index (κ3) is 4.54. The summed E-state index contributed by atoms with van der Waals surface area (Å²) >= 11 is 1.72. The van der Waals surface area contributed by atoms with Crippen molar-refractivity contribution in [2.45, 2.75) is 31.9 Å². The average molecular weight is 402 g/mol. The van der Waals surface area contributed by atoms with Crippen LogP contribution in [-0.2, 0) is 16.1 Å². The van der Waals surface area contributed by atoms with E-state index in [9.17, 15) is 4.79 Å². The number of benzene rings is 1. The first-order valence-electron chi connectivity index (χ1n) is 9.95. The summed E-state index contributed by atoms with van der Waals surface area (Å²) in [6.07, 6.45) is 4.63. The van der Waals surface area contributed by atoms with Gasteiger partial charge in [0.2, 0.25) is 0 Å². The molecule has 3 heterocycles. The zero-order valence-corrected chi connectivity index (χ0v) is 17.1. The highest BCUT2D eigenvalue weighted by Crippen LogP contribution is 2.28. The Balaban J connectivity index is 1.34. The Labute approximate surface area is 170 Å². The Morgan fingerprint density at radius 2 is 2.21 bits per heavy atom. The van der Waals surface area contributed by atoms with E-state index in [0.29, 0.717) is 0 Å². The van der Waals surface area contributed by atoms with Crippen molar-refractivity contribution in [3.8, 4) is 16.3 Å². The van der Waals surface area contributed by atoms with Crippen LogP contribution in [0.3, 0.4) is 0 Å². The van der Waals surface area contributed by atoms with Gasteiger partial charge >= 0.3 is 0 Å². The maximum absolute atomic E-state index is 12.6. The summed E-state index contributed by atoms with van der Waals surface area (Å²) in [5.41, 5.74) is 1.08. The molecular formula is C21H27N3O3S. The highest BCUT2D eigenvalue weighted by atomic mass is 32.1. The monoisotopic (exact) mass is 401 g/mol. The quantitative estimate of drug-likeness (QED) is 0.771. The maximum atomic E-state index is 12.6. The molecule has 6 nitrogen and oxygen atoms in total. The minimum Gasteiger partial charge on any atom is -0.497 e. The van der Waals surface area contributed by atoms with Crippen molar-refractivity contribution in [2.75, 3.05) is 39.9 Å². The number of hydrogen-bond acceptors (Lipinski definition) is 6. The Bertz CT molecular complexity index is 804. The summed E-state index contributed by atoms with van der Waals surface area (Å²) in [7, 11) is 1.68. The maximum Gasteiger partial charge on any atom is 0.251 e. The number of hydrogen-bond donors (Lipinski definition) is 0. The largest absolute Gasteiger partial charge is 0.497 e. The van der Waals surface area contributed by atoms with Crippen LogP contribution >= 0.6 is 11.3 Å². The summed E-state index contributed by atoms with van der Waals surface area (Å²) in [4.78, 5) is 22.9. The highest BCUT2D eigenvalue weighted by Gasteiger charge is 2.29. The molecule has 1 amide bonds. The van der Waals surface area contributed by atoms with Gasteiger partial charge in [-0.1, -0.05) is 12.1 Å². The van der Waals surface area contributed by atoms with Gasteiger partial charge in [0.05, 0.1) is 7.11 Å². The SMILES string of the molecule is COc1cccc(-c2ncc(CN3CCCN(C(=O)C4CCCO4)CC3)s2)c1. The first-order valence-corrected chi connectivity index (χ1v) is 10.8. The van der Waals surface area contributed by atoms with Gasteiger partial charge in [-0.15, -0.1) is 11.3 Å². The van der Waals surface area contributed by atoms with E-state index in [0.717, 1.165) is 74.9 Å². The number of ether oxygens (including phenoxy) is 2. The van der Waals surface area contributed by atoms with Gasteiger partial charge in [-0.05, 0) is 31.4 Å². The second kappa shape index (κ2) is 9.03. The Hall–Kier alpha value is -1.96. The van der Waals surface area contributed by atoms with Crippen LogP contribution in [-0.4, -0.2) is 66.7 Å². The number of nitrogens with zero attached hydrogens (tertiary/aromatic N) is 3. The van der Waals surface area contributed by atoms with Gasteiger partial charge in [0, 0.05) is 56.0 Å². The van der Waals surface area contributed by atoms with Crippen molar-refractivity contribution in [2.24, 2.45) is 0 Å². The smallest absolute Gasteiger partial charge is 0.251 e. The summed E-state index contributed by atoms with van der Waals surface area (Å²) in [6, 6.07) is 8.01. The van der Waals surface area contributed by atoms with Crippen molar-refractivity contribution in [3.05, 3.63) is 35.3 Å². The van der Waals surface area contributed by atoms with E-state index in [1.54, 1.807) is 18.4 Å². The molecule has 1 aromatic heterocycles. The van der Waals surface area contributed by atoms with E-state index in [4.69, 9.17) is 9.47 Å². The van der Waals surface area contributed by atoms with Gasteiger partial charge in [-0.3, -0.25) is 9.69 Å². The van der Waals surface area contributed by atoms with Crippen molar-refractivity contribution in [3.63, 3.8) is 0 Å². The van der Waals surface area contributed by atoms with E-state index in [-0.39, 0.29) is 12.0 Å². The average Bonchev–Trinajstić information content (AvgIpc) is 3.37. The predicted octanol–water partition coefficient (Wildman–Crippen LogP) is 3.03. The lowest BCUT2D eigenvalue weighted by Gasteiger charge is -2.24. The predicted molar refractivity (Wildman–Crippen MR) is 110 cm³/mol. The Morgan fingerprint density at radius 1 is 1.29 bits per heavy atom. The minimum absolute atomic E-state index is 0.178. The molecule has 7 heteroatoms. The lowest BCUT2D eigenvalue weighted by atomic mass is 10.2. The fourth-order valence-electron chi connectivity index (χ4n) is 3.82. The lowest BCUT2D eigenvalue weighted by Crippen LogP contribution is -2.41. The van der Waals surface area contributed by atoms with E-state index in [1.807, 2.05) is 29.3 Å². The van der Waals surface area contributed by atoms with E-state index in [1.165, 1.54) is 4.88 Å². The van der Waals surface area contributed by atoms with Crippen LogP contribution < -0.4 is 4.74 Å². The fourth-order valence-corrected chi connectivity index (χ4v) is 4.77. The number of rotatable bonds is 5. The topological polar surface area (TPSA) is 54.9 Å². The molecule has 2 saturated heterocycles. The number of methoxy groups -OCH3 is 1. The van der Waals surface area contributed by atoms with Crippen molar-refractivity contribution >= 4 is 17.2 Å². The first kappa shape index (κ1) is 19.4. The van der Waals surface area contributed by atoms with E-state index >= 15 is 0 Å². The molecule has 2 fully saturated rings. The second-order valence-corrected chi connectivity index (χ2v) is 8.44. The molecule has 0 bridgehead atoms. The number of carbonyl (C=O) groups excluding carboxylic acids is 1. The lowest BCUT2D eigenvalue weighted by molar-refractivity contribution is -0.140. The van der Waals surface area contributed by atoms with Gasteiger partial charge < -0.3 is 14.4 Å². The van der Waals surface area contributed by atoms with Crippen molar-refractivity contribution in [1.82, 2.24) is 14.8 Å². The van der Waals surface area contributed by atoms with Crippen molar-refractivity contribution < 1.29 is 14.3 Å². The molecule has 0 N–H and O–H groups in total. The van der Waals surface area contributed by atoms with Crippen LogP contribution in [0.15, 0.2) is 30.5 Å². The molecule has 150 valence electrons. The molecule has 0 saturated carbocycles. The molecule has 1 aromatic carbocycles. The minimum atomic E-state index is -0.210. The fraction of sp³-hybridized carbons (Fsp3) is 0.524. The Kier molecular flexibility index (Phi) is 6.24. The standard InChI is InChI=1S/C21H27N3O3S/c1-26-17-6-2-5-16(13-17)20-22-14-18(28-20)15-23-8-4-9-24(11-10-23)21(25)19-7-3-12-27-19/h2,5-6,13-14,19H,3-4,7-12,15H2,1H3. The highest BCUT2D eigenvalue weighted by molar-refractivity contribution is 7.15. The van der Waals surface area contributed by atoms with Gasteiger partial charge in [0.15, 0.2) is 0 Å². The molecule has 28 heavy (non-hydrogen) atoms.